The number of anilines is 1. The molecule has 3 N–H and O–H groups in total. The minimum Gasteiger partial charge on any atom is -0.388 e. The summed E-state index contributed by atoms with van der Waals surface area (Å²) in [7, 11) is 0. The Bertz CT molecular complexity index is 801. The van der Waals surface area contributed by atoms with Gasteiger partial charge in [-0.1, -0.05) is 0 Å². The van der Waals surface area contributed by atoms with Crippen LogP contribution in [0.5, 0.6) is 0 Å². The number of imidazole rings is 1. The van der Waals surface area contributed by atoms with E-state index in [4.69, 9.17) is 4.74 Å². The molecule has 2 saturated carbocycles. The van der Waals surface area contributed by atoms with E-state index in [1.807, 2.05) is 0 Å². The summed E-state index contributed by atoms with van der Waals surface area (Å²) in [5, 5.41) is 23.9. The molecule has 1 aliphatic heterocycles. The number of aliphatic hydroxyl groups is 2. The monoisotopic (exact) mass is 345 g/mol. The largest absolute Gasteiger partial charge is 0.388 e. The van der Waals surface area contributed by atoms with E-state index >= 15 is 0 Å². The van der Waals surface area contributed by atoms with Crippen LogP contribution in [-0.4, -0.2) is 53.6 Å². The van der Waals surface area contributed by atoms with Gasteiger partial charge in [0.1, 0.15) is 18.5 Å². The van der Waals surface area contributed by atoms with Gasteiger partial charge in [0.15, 0.2) is 23.2 Å². The smallest absolute Gasteiger partial charge is 0.167 e. The molecule has 0 radical (unpaired) electrons. The predicted molar refractivity (Wildman–Crippen MR) is 89.8 cm³/mol. The molecule has 134 valence electrons. The van der Waals surface area contributed by atoms with Gasteiger partial charge in [0.2, 0.25) is 0 Å². The molecule has 0 spiro atoms. The van der Waals surface area contributed by atoms with Crippen LogP contribution in [0.3, 0.4) is 0 Å². The van der Waals surface area contributed by atoms with E-state index in [0.717, 1.165) is 11.7 Å². The summed E-state index contributed by atoms with van der Waals surface area (Å²) < 4.78 is 7.39. The molecule has 2 unspecified atom stereocenters. The number of rotatable bonds is 3. The first-order valence-electron chi connectivity index (χ1n) is 9.04. The number of hydrogen-bond acceptors (Lipinski definition) is 7. The third kappa shape index (κ3) is 2.28. The zero-order valence-electron chi connectivity index (χ0n) is 14.2. The maximum atomic E-state index is 10.3. The molecule has 2 aromatic heterocycles. The lowest BCUT2D eigenvalue weighted by Gasteiger charge is -2.28. The number of aliphatic hydroxyl groups excluding tert-OH is 2. The van der Waals surface area contributed by atoms with Crippen molar-refractivity contribution in [1.82, 2.24) is 19.5 Å². The number of ether oxygens (including phenoxy) is 1. The molecule has 3 aliphatic rings. The molecule has 3 heterocycles. The highest BCUT2D eigenvalue weighted by atomic mass is 16.6. The number of nitrogens with one attached hydrogen (secondary N) is 1. The molecule has 2 bridgehead atoms. The molecule has 3 fully saturated rings. The van der Waals surface area contributed by atoms with Gasteiger partial charge in [-0.25, -0.2) is 15.0 Å². The Morgan fingerprint density at radius 3 is 2.64 bits per heavy atom. The Morgan fingerprint density at radius 1 is 1.20 bits per heavy atom. The quantitative estimate of drug-likeness (QED) is 0.768. The third-order valence-corrected chi connectivity index (χ3v) is 6.24. The second kappa shape index (κ2) is 5.36. The van der Waals surface area contributed by atoms with E-state index in [9.17, 15) is 10.2 Å². The van der Waals surface area contributed by atoms with E-state index in [1.165, 1.54) is 38.4 Å². The van der Waals surface area contributed by atoms with E-state index < -0.39 is 24.5 Å². The first kappa shape index (κ1) is 15.5. The zero-order chi connectivity index (χ0) is 17.2. The van der Waals surface area contributed by atoms with Crippen LogP contribution in [0.2, 0.25) is 0 Å². The molecular formula is C17H23N5O3. The van der Waals surface area contributed by atoms with E-state index in [2.05, 4.69) is 20.3 Å². The number of fused-ring (bicyclic) bond motifs is 3. The van der Waals surface area contributed by atoms with Gasteiger partial charge in [0.25, 0.3) is 0 Å². The molecule has 4 atom stereocenters. The first-order chi connectivity index (χ1) is 12.1. The SMILES string of the molecule is C[C@H]1O[C@@H](n2cnc3c(NC45CCC(CC4)C5)ncnc32)C(O)C1O. The van der Waals surface area contributed by atoms with Gasteiger partial charge in [0.05, 0.1) is 12.4 Å². The maximum absolute atomic E-state index is 10.3. The summed E-state index contributed by atoms with van der Waals surface area (Å²) in [6, 6.07) is 0. The second-order valence-corrected chi connectivity index (χ2v) is 7.81. The fraction of sp³-hybridized carbons (Fsp3) is 0.706. The Hall–Kier alpha value is -1.77. The molecule has 2 aliphatic carbocycles. The van der Waals surface area contributed by atoms with E-state index in [-0.39, 0.29) is 5.54 Å². The average Bonchev–Trinajstić information content (AvgIpc) is 3.36. The molecule has 0 aromatic carbocycles. The van der Waals surface area contributed by atoms with Crippen molar-refractivity contribution < 1.29 is 14.9 Å². The summed E-state index contributed by atoms with van der Waals surface area (Å²) in [5.74, 6) is 1.58. The summed E-state index contributed by atoms with van der Waals surface area (Å²) in [6.07, 6.45) is 6.18. The zero-order valence-corrected chi connectivity index (χ0v) is 14.2. The molecule has 2 aromatic rings. The van der Waals surface area contributed by atoms with Crippen LogP contribution in [0.4, 0.5) is 5.82 Å². The second-order valence-electron chi connectivity index (χ2n) is 7.81. The molecule has 0 amide bonds. The summed E-state index contributed by atoms with van der Waals surface area (Å²) >= 11 is 0. The van der Waals surface area contributed by atoms with Crippen molar-refractivity contribution in [1.29, 1.82) is 0 Å². The Morgan fingerprint density at radius 2 is 2.00 bits per heavy atom. The average molecular weight is 345 g/mol. The Labute approximate surface area is 145 Å². The van der Waals surface area contributed by atoms with Crippen LogP contribution in [0.15, 0.2) is 12.7 Å². The lowest BCUT2D eigenvalue weighted by atomic mass is 9.94. The molecule has 5 rings (SSSR count). The van der Waals surface area contributed by atoms with Crippen LogP contribution in [0, 0.1) is 5.92 Å². The predicted octanol–water partition coefficient (Wildman–Crippen LogP) is 1.21. The van der Waals surface area contributed by atoms with Gasteiger partial charge in [-0.3, -0.25) is 4.57 Å². The van der Waals surface area contributed by atoms with Crippen LogP contribution in [0.1, 0.15) is 45.3 Å². The first-order valence-corrected chi connectivity index (χ1v) is 9.04. The summed E-state index contributed by atoms with van der Waals surface area (Å²) in [4.78, 5) is 13.2. The van der Waals surface area contributed by atoms with Crippen molar-refractivity contribution in [2.75, 3.05) is 5.32 Å². The molecule has 25 heavy (non-hydrogen) atoms. The van der Waals surface area contributed by atoms with Crippen molar-refractivity contribution in [2.24, 2.45) is 5.92 Å². The Kier molecular flexibility index (Phi) is 3.32. The standard InChI is InChI=1S/C17H23N5O3/c1-9-12(23)13(24)16(25-9)22-8-20-11-14(18-7-19-15(11)22)21-17-4-2-10(6-17)3-5-17/h7-10,12-13,16,23-24H,2-6H2,1H3,(H,18,19,21)/t9-,10?,12?,13?,16-,17?/m1/s1. The van der Waals surface area contributed by atoms with Crippen molar-refractivity contribution in [3.05, 3.63) is 12.7 Å². The van der Waals surface area contributed by atoms with Gasteiger partial charge in [0, 0.05) is 5.54 Å². The van der Waals surface area contributed by atoms with Gasteiger partial charge in [-0.05, 0) is 44.9 Å². The lowest BCUT2D eigenvalue weighted by Crippen LogP contribution is -2.33. The highest BCUT2D eigenvalue weighted by Crippen LogP contribution is 2.49. The minimum atomic E-state index is -1.01. The van der Waals surface area contributed by atoms with Crippen molar-refractivity contribution in [2.45, 2.75) is 69.1 Å². The molecule has 1 saturated heterocycles. The molecular weight excluding hydrogens is 322 g/mol. The van der Waals surface area contributed by atoms with Crippen molar-refractivity contribution in [3.63, 3.8) is 0 Å². The van der Waals surface area contributed by atoms with Gasteiger partial charge in [-0.15, -0.1) is 0 Å². The van der Waals surface area contributed by atoms with Crippen LogP contribution >= 0.6 is 0 Å². The van der Waals surface area contributed by atoms with Crippen molar-refractivity contribution >= 4 is 17.0 Å². The normalized spacial score (nSPS) is 40.2. The third-order valence-electron chi connectivity index (χ3n) is 6.24. The summed E-state index contributed by atoms with van der Waals surface area (Å²) in [5.41, 5.74) is 1.42. The van der Waals surface area contributed by atoms with Crippen LogP contribution in [0.25, 0.3) is 11.2 Å². The minimum absolute atomic E-state index is 0.143. The highest BCUT2D eigenvalue weighted by molar-refractivity contribution is 5.83. The maximum Gasteiger partial charge on any atom is 0.167 e. The van der Waals surface area contributed by atoms with Crippen molar-refractivity contribution in [3.8, 4) is 0 Å². The van der Waals surface area contributed by atoms with Crippen LogP contribution in [-0.2, 0) is 4.74 Å². The van der Waals surface area contributed by atoms with E-state index in [0.29, 0.717) is 11.2 Å². The molecule has 8 heteroatoms. The molecule has 8 nitrogen and oxygen atoms in total. The van der Waals surface area contributed by atoms with Gasteiger partial charge in [-0.2, -0.15) is 0 Å². The number of nitrogens with zero attached hydrogens (tertiary/aromatic N) is 4. The van der Waals surface area contributed by atoms with Crippen LogP contribution < -0.4 is 5.32 Å². The Balaban J connectivity index is 1.50. The van der Waals surface area contributed by atoms with Gasteiger partial charge >= 0.3 is 0 Å². The van der Waals surface area contributed by atoms with Gasteiger partial charge < -0.3 is 20.3 Å². The van der Waals surface area contributed by atoms with E-state index in [1.54, 1.807) is 17.8 Å². The number of hydrogen-bond donors (Lipinski definition) is 3. The fourth-order valence-electron chi connectivity index (χ4n) is 4.81. The summed E-state index contributed by atoms with van der Waals surface area (Å²) in [6.45, 7) is 1.74. The number of aromatic nitrogens is 4. The highest BCUT2D eigenvalue weighted by Gasteiger charge is 2.45. The lowest BCUT2D eigenvalue weighted by molar-refractivity contribution is -0.0299. The topological polar surface area (TPSA) is 105 Å². The fourth-order valence-corrected chi connectivity index (χ4v) is 4.81.